The second kappa shape index (κ2) is 5.70. The van der Waals surface area contributed by atoms with Crippen molar-refractivity contribution in [1.29, 1.82) is 0 Å². The van der Waals surface area contributed by atoms with Crippen LogP contribution in [-0.2, 0) is 4.79 Å². The minimum absolute atomic E-state index is 0.00824. The standard InChI is InChI=1S/C11H13ClINO/c1-7(2)5-11(15)14-10-6-8(13)3-4-9(10)12/h3-4,6-7H,5H2,1-2H3,(H,14,15). The Morgan fingerprint density at radius 3 is 2.80 bits per heavy atom. The van der Waals surface area contributed by atoms with E-state index in [1.165, 1.54) is 0 Å². The number of nitrogens with one attached hydrogen (secondary N) is 1. The SMILES string of the molecule is CC(C)CC(=O)Nc1cc(I)ccc1Cl. The molecule has 0 aromatic heterocycles. The van der Waals surface area contributed by atoms with Crippen molar-refractivity contribution in [2.75, 3.05) is 5.32 Å². The molecule has 0 aliphatic rings. The summed E-state index contributed by atoms with van der Waals surface area (Å²) >= 11 is 8.14. The largest absolute Gasteiger partial charge is 0.325 e. The Labute approximate surface area is 109 Å². The van der Waals surface area contributed by atoms with Gasteiger partial charge >= 0.3 is 0 Å². The van der Waals surface area contributed by atoms with Crippen LogP contribution in [0.4, 0.5) is 5.69 Å². The molecule has 0 atom stereocenters. The van der Waals surface area contributed by atoms with Gasteiger partial charge in [0.25, 0.3) is 0 Å². The summed E-state index contributed by atoms with van der Waals surface area (Å²) in [5, 5.41) is 3.38. The summed E-state index contributed by atoms with van der Waals surface area (Å²) < 4.78 is 1.05. The van der Waals surface area contributed by atoms with Gasteiger partial charge in [0.05, 0.1) is 10.7 Å². The molecule has 0 radical (unpaired) electrons. The van der Waals surface area contributed by atoms with E-state index in [2.05, 4.69) is 27.9 Å². The van der Waals surface area contributed by atoms with Gasteiger partial charge in [0.1, 0.15) is 0 Å². The monoisotopic (exact) mass is 337 g/mol. The maximum Gasteiger partial charge on any atom is 0.224 e. The molecule has 0 spiro atoms. The van der Waals surface area contributed by atoms with E-state index < -0.39 is 0 Å². The highest BCUT2D eigenvalue weighted by Crippen LogP contribution is 2.24. The smallest absolute Gasteiger partial charge is 0.224 e. The van der Waals surface area contributed by atoms with Crippen molar-refractivity contribution in [3.63, 3.8) is 0 Å². The maximum absolute atomic E-state index is 11.5. The zero-order valence-corrected chi connectivity index (χ0v) is 11.6. The summed E-state index contributed by atoms with van der Waals surface area (Å²) in [4.78, 5) is 11.5. The highest BCUT2D eigenvalue weighted by atomic mass is 127. The van der Waals surface area contributed by atoms with Gasteiger partial charge in [-0.3, -0.25) is 4.79 Å². The highest BCUT2D eigenvalue weighted by molar-refractivity contribution is 14.1. The Hall–Kier alpha value is -0.290. The number of carbonyl (C=O) groups is 1. The number of anilines is 1. The second-order valence-corrected chi connectivity index (χ2v) is 5.42. The van der Waals surface area contributed by atoms with Gasteiger partial charge in [-0.2, -0.15) is 0 Å². The molecule has 82 valence electrons. The van der Waals surface area contributed by atoms with Crippen LogP contribution >= 0.6 is 34.2 Å². The van der Waals surface area contributed by atoms with E-state index in [0.29, 0.717) is 23.0 Å². The molecule has 1 aromatic carbocycles. The predicted octanol–water partition coefficient (Wildman–Crippen LogP) is 3.93. The fraction of sp³-hybridized carbons (Fsp3) is 0.364. The molecule has 1 amide bonds. The van der Waals surface area contributed by atoms with Gasteiger partial charge in [0.2, 0.25) is 5.91 Å². The lowest BCUT2D eigenvalue weighted by molar-refractivity contribution is -0.116. The highest BCUT2D eigenvalue weighted by Gasteiger charge is 2.07. The zero-order chi connectivity index (χ0) is 11.4. The molecular weight excluding hydrogens is 324 g/mol. The predicted molar refractivity (Wildman–Crippen MR) is 72.3 cm³/mol. The van der Waals surface area contributed by atoms with Crippen molar-refractivity contribution < 1.29 is 4.79 Å². The fourth-order valence-corrected chi connectivity index (χ4v) is 1.82. The van der Waals surface area contributed by atoms with E-state index in [0.717, 1.165) is 3.57 Å². The number of amides is 1. The van der Waals surface area contributed by atoms with Gasteiger partial charge in [-0.05, 0) is 46.7 Å². The van der Waals surface area contributed by atoms with Crippen molar-refractivity contribution in [2.45, 2.75) is 20.3 Å². The average Bonchev–Trinajstić information content (AvgIpc) is 2.10. The van der Waals surface area contributed by atoms with Crippen molar-refractivity contribution >= 4 is 45.8 Å². The molecule has 0 aliphatic carbocycles. The summed E-state index contributed by atoms with van der Waals surface area (Å²) in [7, 11) is 0. The van der Waals surface area contributed by atoms with Crippen molar-refractivity contribution in [1.82, 2.24) is 0 Å². The quantitative estimate of drug-likeness (QED) is 0.832. The topological polar surface area (TPSA) is 29.1 Å². The van der Waals surface area contributed by atoms with Crippen LogP contribution in [0.25, 0.3) is 0 Å². The van der Waals surface area contributed by atoms with Gasteiger partial charge < -0.3 is 5.32 Å². The van der Waals surface area contributed by atoms with Gasteiger partial charge in [0, 0.05) is 9.99 Å². The summed E-state index contributed by atoms with van der Waals surface area (Å²) in [5.41, 5.74) is 0.689. The molecule has 2 nitrogen and oxygen atoms in total. The van der Waals surface area contributed by atoms with Crippen LogP contribution in [0.5, 0.6) is 0 Å². The number of benzene rings is 1. The Bertz CT molecular complexity index is 366. The third-order valence-corrected chi connectivity index (χ3v) is 2.80. The second-order valence-electron chi connectivity index (χ2n) is 3.77. The summed E-state index contributed by atoms with van der Waals surface area (Å²) in [5.74, 6) is 0.362. The molecule has 0 saturated heterocycles. The van der Waals surface area contributed by atoms with Gasteiger partial charge in [-0.15, -0.1) is 0 Å². The van der Waals surface area contributed by atoms with E-state index in [-0.39, 0.29) is 5.91 Å². The molecule has 0 bridgehead atoms. The number of rotatable bonds is 3. The summed E-state index contributed by atoms with van der Waals surface area (Å²) in [6.45, 7) is 4.02. The Kier molecular flexibility index (Phi) is 4.86. The molecule has 0 saturated carbocycles. The number of carbonyl (C=O) groups excluding carboxylic acids is 1. The first-order valence-corrected chi connectivity index (χ1v) is 6.19. The molecule has 0 fully saturated rings. The number of halogens is 2. The molecular formula is C11H13ClINO. The van der Waals surface area contributed by atoms with Crippen molar-refractivity contribution in [2.24, 2.45) is 5.92 Å². The normalized spacial score (nSPS) is 10.5. The number of hydrogen-bond acceptors (Lipinski definition) is 1. The third-order valence-electron chi connectivity index (χ3n) is 1.80. The summed E-state index contributed by atoms with van der Waals surface area (Å²) in [6, 6.07) is 5.55. The average molecular weight is 338 g/mol. The molecule has 1 rings (SSSR count). The van der Waals surface area contributed by atoms with E-state index in [1.807, 2.05) is 26.0 Å². The zero-order valence-electron chi connectivity index (χ0n) is 8.68. The Balaban J connectivity index is 2.71. The third kappa shape index (κ3) is 4.38. The van der Waals surface area contributed by atoms with Crippen molar-refractivity contribution in [3.05, 3.63) is 26.8 Å². The molecule has 15 heavy (non-hydrogen) atoms. The molecule has 1 aromatic rings. The summed E-state index contributed by atoms with van der Waals surface area (Å²) in [6.07, 6.45) is 0.516. The van der Waals surface area contributed by atoms with Crippen LogP contribution < -0.4 is 5.32 Å². The van der Waals surface area contributed by atoms with Crippen LogP contribution in [0.15, 0.2) is 18.2 Å². The van der Waals surface area contributed by atoms with Crippen LogP contribution in [0, 0.1) is 9.49 Å². The van der Waals surface area contributed by atoms with Crippen molar-refractivity contribution in [3.8, 4) is 0 Å². The maximum atomic E-state index is 11.5. The Morgan fingerprint density at radius 2 is 2.20 bits per heavy atom. The molecule has 0 unspecified atom stereocenters. The van der Waals surface area contributed by atoms with Crippen LogP contribution in [0.3, 0.4) is 0 Å². The minimum Gasteiger partial charge on any atom is -0.325 e. The molecule has 1 N–H and O–H groups in total. The first kappa shape index (κ1) is 12.8. The molecule has 0 heterocycles. The molecule has 0 aliphatic heterocycles. The van der Waals surface area contributed by atoms with E-state index >= 15 is 0 Å². The van der Waals surface area contributed by atoms with E-state index in [4.69, 9.17) is 11.6 Å². The first-order valence-electron chi connectivity index (χ1n) is 4.74. The first-order chi connectivity index (χ1) is 6.99. The van der Waals surface area contributed by atoms with E-state index in [9.17, 15) is 4.79 Å². The lowest BCUT2D eigenvalue weighted by Crippen LogP contribution is -2.14. The van der Waals surface area contributed by atoms with Gasteiger partial charge in [-0.25, -0.2) is 0 Å². The molecule has 4 heteroatoms. The van der Waals surface area contributed by atoms with E-state index in [1.54, 1.807) is 6.07 Å². The lowest BCUT2D eigenvalue weighted by Gasteiger charge is -2.09. The Morgan fingerprint density at radius 1 is 1.53 bits per heavy atom. The number of hydrogen-bond donors (Lipinski definition) is 1. The van der Waals surface area contributed by atoms with Crippen LogP contribution in [0.1, 0.15) is 20.3 Å². The minimum atomic E-state index is 0.00824. The van der Waals surface area contributed by atoms with Gasteiger partial charge in [-0.1, -0.05) is 25.4 Å². The lowest BCUT2D eigenvalue weighted by atomic mass is 10.1. The fourth-order valence-electron chi connectivity index (χ4n) is 1.17. The van der Waals surface area contributed by atoms with Crippen LogP contribution in [0.2, 0.25) is 5.02 Å². The van der Waals surface area contributed by atoms with Crippen LogP contribution in [-0.4, -0.2) is 5.91 Å². The van der Waals surface area contributed by atoms with Gasteiger partial charge in [0.15, 0.2) is 0 Å².